The van der Waals surface area contributed by atoms with Crippen LogP contribution in [0.25, 0.3) is 25.1 Å². The second-order valence-corrected chi connectivity index (χ2v) is 12.0. The summed E-state index contributed by atoms with van der Waals surface area (Å²) in [4.78, 5) is 26.4. The number of ether oxygens (including phenoxy) is 4. The van der Waals surface area contributed by atoms with Gasteiger partial charge in [-0.25, -0.2) is 9.59 Å². The molecule has 0 unspecified atom stereocenters. The number of benzene rings is 4. The number of esters is 2. The van der Waals surface area contributed by atoms with Gasteiger partial charge in [0.2, 0.25) is 4.90 Å². The number of methoxy groups -OCH3 is 1. The van der Waals surface area contributed by atoms with Crippen LogP contribution < -0.4 is 9.47 Å². The Morgan fingerprint density at radius 3 is 2.05 bits per heavy atom. The van der Waals surface area contributed by atoms with Crippen molar-refractivity contribution in [2.24, 2.45) is 0 Å². The smallest absolute Gasteiger partial charge is 0.491 e. The first kappa shape index (κ1) is 30.4. The maximum atomic E-state index is 13.0. The molecule has 224 valence electrons. The van der Waals surface area contributed by atoms with E-state index in [9.17, 15) is 22.8 Å². The summed E-state index contributed by atoms with van der Waals surface area (Å²) in [5.74, 6) is 4.22. The molecule has 6 nitrogen and oxygen atoms in total. The third-order valence-electron chi connectivity index (χ3n) is 6.41. The maximum Gasteiger partial charge on any atom is 0.573 e. The van der Waals surface area contributed by atoms with Crippen LogP contribution in [0.5, 0.6) is 11.5 Å². The maximum absolute atomic E-state index is 13.0. The number of alkyl halides is 3. The molecular weight excluding hydrogens is 593 g/mol. The highest BCUT2D eigenvalue weighted by Gasteiger charge is 2.31. The number of hydrogen-bond acceptors (Lipinski definition) is 6. The summed E-state index contributed by atoms with van der Waals surface area (Å²) in [6, 6.07) is 26.2. The Labute approximate surface area is 253 Å². The summed E-state index contributed by atoms with van der Waals surface area (Å²) in [7, 11) is 1.05. The lowest BCUT2D eigenvalue weighted by Gasteiger charge is -2.18. The number of rotatable bonds is 7. The lowest BCUT2D eigenvalue weighted by Crippen LogP contribution is -2.29. The molecule has 10 heteroatoms. The Kier molecular flexibility index (Phi) is 8.52. The first-order valence-electron chi connectivity index (χ1n) is 13.3. The van der Waals surface area contributed by atoms with Gasteiger partial charge in [-0.3, -0.25) is 0 Å². The first-order valence-corrected chi connectivity index (χ1v) is 14.6. The van der Waals surface area contributed by atoms with E-state index in [2.05, 4.69) is 40.8 Å². The topological polar surface area (TPSA) is 71.1 Å². The minimum atomic E-state index is -4.79. The van der Waals surface area contributed by atoms with Gasteiger partial charge in [-0.05, 0) is 74.5 Å². The van der Waals surface area contributed by atoms with E-state index < -0.39 is 41.0 Å². The Balaban J connectivity index is 1.28. The van der Waals surface area contributed by atoms with Crippen molar-refractivity contribution in [3.05, 3.63) is 102 Å². The number of hydrogen-bond donors (Lipinski definition) is 0. The van der Waals surface area contributed by atoms with Gasteiger partial charge in [0.1, 0.15) is 5.75 Å². The van der Waals surface area contributed by atoms with Crippen molar-refractivity contribution in [3.63, 3.8) is 0 Å². The van der Waals surface area contributed by atoms with E-state index in [-0.39, 0.29) is 11.3 Å². The van der Waals surface area contributed by atoms with Crippen LogP contribution in [0, 0.1) is 11.8 Å². The molecule has 0 N–H and O–H groups in total. The van der Waals surface area contributed by atoms with E-state index in [0.29, 0.717) is 11.3 Å². The Bertz CT molecular complexity index is 1860. The van der Waals surface area contributed by atoms with Crippen molar-refractivity contribution in [2.45, 2.75) is 25.8 Å². The molecule has 0 saturated heterocycles. The molecule has 0 saturated carbocycles. The highest BCUT2D eigenvalue weighted by molar-refractivity contribution is 7.50. The fourth-order valence-corrected chi connectivity index (χ4v) is 7.10. The molecule has 1 aromatic heterocycles. The minimum absolute atomic E-state index is 0.250. The molecule has 5 rings (SSSR count). The SMILES string of the molecule is COc1ccc(C(=O)OCC(=O)OC(C)(C)C#Cc2ccc(OC(F)(F)F)cc2)cc1-[s+]1c2ccccc2c2ccccc21. The van der Waals surface area contributed by atoms with Crippen LogP contribution in [0.1, 0.15) is 29.8 Å². The largest absolute Gasteiger partial charge is 0.573 e. The summed E-state index contributed by atoms with van der Waals surface area (Å²) in [5, 5.41) is 2.25. The van der Waals surface area contributed by atoms with E-state index in [1.807, 2.05) is 24.3 Å². The Morgan fingerprint density at radius 1 is 0.841 bits per heavy atom. The summed E-state index contributed by atoms with van der Waals surface area (Å²) in [5.41, 5.74) is -0.638. The van der Waals surface area contributed by atoms with Crippen molar-refractivity contribution >= 4 is 42.6 Å². The van der Waals surface area contributed by atoms with Crippen LogP contribution in [0.15, 0.2) is 91.0 Å². The summed E-state index contributed by atoms with van der Waals surface area (Å²) < 4.78 is 59.5. The second-order valence-electron chi connectivity index (χ2n) is 10.0. The standard InChI is InChI=1S/C34H26F3O6S/c1-33(2,19-18-22-12-15-24(16-13-22)42-34(35,36)37)43-31(38)21-41-32(39)23-14-17-27(40-3)30(20-23)44-28-10-6-4-8-25(28)26-9-5-7-11-29(26)44/h4-17,20H,21H2,1-3H3/q+1. The molecule has 0 fully saturated rings. The molecule has 0 atom stereocenters. The summed E-state index contributed by atoms with van der Waals surface area (Å²) in [6.45, 7) is 2.43. The zero-order valence-corrected chi connectivity index (χ0v) is 24.7. The monoisotopic (exact) mass is 619 g/mol. The molecule has 0 aliphatic rings. The quantitative estimate of drug-likeness (QED) is 0.104. The average Bonchev–Trinajstić information content (AvgIpc) is 3.32. The average molecular weight is 620 g/mol. The van der Waals surface area contributed by atoms with E-state index in [1.165, 1.54) is 26.0 Å². The van der Waals surface area contributed by atoms with Gasteiger partial charge >= 0.3 is 18.3 Å². The third kappa shape index (κ3) is 6.96. The van der Waals surface area contributed by atoms with Gasteiger partial charge in [-0.1, -0.05) is 36.1 Å². The number of fused-ring (bicyclic) bond motifs is 3. The molecule has 1 heterocycles. The predicted octanol–water partition coefficient (Wildman–Crippen LogP) is 8.17. The zero-order valence-electron chi connectivity index (χ0n) is 23.9. The van der Waals surface area contributed by atoms with Crippen molar-refractivity contribution in [2.75, 3.05) is 13.7 Å². The fourth-order valence-electron chi connectivity index (χ4n) is 4.56. The minimum Gasteiger partial charge on any atom is -0.491 e. The lowest BCUT2D eigenvalue weighted by atomic mass is 10.1. The highest BCUT2D eigenvalue weighted by Crippen LogP contribution is 2.51. The molecule has 0 spiro atoms. The molecule has 0 radical (unpaired) electrons. The van der Waals surface area contributed by atoms with Gasteiger partial charge < -0.3 is 18.9 Å². The molecule has 0 aliphatic carbocycles. The molecular formula is C34H26F3O6S+. The number of carbonyl (C=O) groups excluding carboxylic acids is 2. The van der Waals surface area contributed by atoms with Crippen molar-refractivity contribution in [3.8, 4) is 28.2 Å². The van der Waals surface area contributed by atoms with Crippen LogP contribution in [0.2, 0.25) is 0 Å². The van der Waals surface area contributed by atoms with Crippen LogP contribution in [0.3, 0.4) is 0 Å². The zero-order chi connectivity index (χ0) is 31.5. The molecule has 0 aliphatic heterocycles. The highest BCUT2D eigenvalue weighted by atomic mass is 32.2. The van der Waals surface area contributed by atoms with Crippen LogP contribution in [-0.4, -0.2) is 37.6 Å². The molecule has 0 bridgehead atoms. The van der Waals surface area contributed by atoms with Gasteiger partial charge in [0.25, 0.3) is 0 Å². The van der Waals surface area contributed by atoms with Gasteiger partial charge in [0.05, 0.1) is 12.7 Å². The van der Waals surface area contributed by atoms with E-state index in [0.717, 1.165) is 37.2 Å². The van der Waals surface area contributed by atoms with Crippen molar-refractivity contribution in [1.82, 2.24) is 0 Å². The molecule has 0 amide bonds. The van der Waals surface area contributed by atoms with E-state index >= 15 is 0 Å². The van der Waals surface area contributed by atoms with E-state index in [1.54, 1.807) is 25.3 Å². The molecule has 44 heavy (non-hydrogen) atoms. The normalized spacial score (nSPS) is 11.5. The van der Waals surface area contributed by atoms with Gasteiger partial charge in [0, 0.05) is 32.9 Å². The van der Waals surface area contributed by atoms with Gasteiger partial charge in [0.15, 0.2) is 27.4 Å². The van der Waals surface area contributed by atoms with Crippen molar-refractivity contribution in [1.29, 1.82) is 0 Å². The summed E-state index contributed by atoms with van der Waals surface area (Å²) >= 11 is 0. The fraction of sp³-hybridized carbons (Fsp3) is 0.176. The van der Waals surface area contributed by atoms with Crippen LogP contribution >= 0.6 is 10.5 Å². The molecule has 4 aromatic carbocycles. The molecule has 5 aromatic rings. The number of halogens is 3. The Hall–Kier alpha value is -5.01. The van der Waals surface area contributed by atoms with Gasteiger partial charge in [-0.15, -0.1) is 13.2 Å². The lowest BCUT2D eigenvalue weighted by molar-refractivity contribution is -0.274. The Morgan fingerprint density at radius 2 is 1.45 bits per heavy atom. The first-order chi connectivity index (χ1) is 20.9. The second kappa shape index (κ2) is 12.3. The van der Waals surface area contributed by atoms with Crippen molar-refractivity contribution < 1.29 is 41.7 Å². The third-order valence-corrected chi connectivity index (χ3v) is 8.76. The number of thiophene rings is 1. The summed E-state index contributed by atoms with van der Waals surface area (Å²) in [6.07, 6.45) is -4.79. The number of carbonyl (C=O) groups is 2. The predicted molar refractivity (Wildman–Crippen MR) is 162 cm³/mol. The van der Waals surface area contributed by atoms with Crippen LogP contribution in [-0.2, 0) is 14.3 Å². The van der Waals surface area contributed by atoms with Crippen LogP contribution in [0.4, 0.5) is 13.2 Å². The van der Waals surface area contributed by atoms with Gasteiger partial charge in [-0.2, -0.15) is 0 Å². The van der Waals surface area contributed by atoms with E-state index in [4.69, 9.17) is 14.2 Å².